The number of ether oxygens (including phenoxy) is 1. The van der Waals surface area contributed by atoms with Crippen molar-refractivity contribution in [2.24, 2.45) is 0 Å². The zero-order valence-corrected chi connectivity index (χ0v) is 20.0. The van der Waals surface area contributed by atoms with Crippen LogP contribution in [0.25, 0.3) is 5.69 Å². The fourth-order valence-electron chi connectivity index (χ4n) is 3.69. The number of nitrogens with one attached hydrogen (secondary N) is 2. The Morgan fingerprint density at radius 1 is 0.914 bits per heavy atom. The zero-order chi connectivity index (χ0) is 24.8. The number of rotatable bonds is 8. The quantitative estimate of drug-likeness (QED) is 0.391. The zero-order valence-electron chi connectivity index (χ0n) is 20.0. The van der Waals surface area contributed by atoms with E-state index in [9.17, 15) is 9.59 Å². The molecule has 0 radical (unpaired) electrons. The molecule has 1 aromatic heterocycles. The van der Waals surface area contributed by atoms with Crippen LogP contribution < -0.4 is 15.4 Å². The summed E-state index contributed by atoms with van der Waals surface area (Å²) in [6.45, 7) is 6.04. The molecule has 0 aliphatic heterocycles. The second kappa shape index (κ2) is 10.7. The SMILES string of the molecule is Cc1ccc(-n2nc(C)c(NC(=O)COc3cccc(C(=O)NCc4ccccc4)c3)c2C)cc1. The van der Waals surface area contributed by atoms with Gasteiger partial charge in [0.1, 0.15) is 5.75 Å². The first-order valence-electron chi connectivity index (χ1n) is 11.4. The molecule has 0 unspecified atom stereocenters. The highest BCUT2D eigenvalue weighted by atomic mass is 16.5. The third kappa shape index (κ3) is 5.95. The molecule has 0 saturated carbocycles. The molecule has 178 valence electrons. The standard InChI is InChI=1S/C28H28N4O3/c1-19-12-14-24(15-13-19)32-21(3)27(20(2)31-32)30-26(33)18-35-25-11-7-10-23(16-25)28(34)29-17-22-8-5-4-6-9-22/h4-16H,17-18H2,1-3H3,(H,29,34)(H,30,33). The van der Waals surface area contributed by atoms with E-state index in [1.54, 1.807) is 24.3 Å². The van der Waals surface area contributed by atoms with E-state index >= 15 is 0 Å². The third-order valence-corrected chi connectivity index (χ3v) is 5.60. The van der Waals surface area contributed by atoms with Gasteiger partial charge in [0.05, 0.1) is 22.8 Å². The van der Waals surface area contributed by atoms with Crippen LogP contribution in [-0.4, -0.2) is 28.2 Å². The number of amides is 2. The summed E-state index contributed by atoms with van der Waals surface area (Å²) in [6, 6.07) is 24.5. The normalized spacial score (nSPS) is 10.6. The summed E-state index contributed by atoms with van der Waals surface area (Å²) >= 11 is 0. The average Bonchev–Trinajstić information content (AvgIpc) is 3.15. The lowest BCUT2D eigenvalue weighted by Gasteiger charge is -2.10. The number of carbonyl (C=O) groups is 2. The fraction of sp³-hybridized carbons (Fsp3) is 0.179. The van der Waals surface area contributed by atoms with Crippen molar-refractivity contribution in [3.05, 3.63) is 107 Å². The molecular formula is C28H28N4O3. The van der Waals surface area contributed by atoms with Crippen LogP contribution in [0.1, 0.15) is 32.9 Å². The Morgan fingerprint density at radius 3 is 2.40 bits per heavy atom. The molecule has 0 atom stereocenters. The van der Waals surface area contributed by atoms with Crippen molar-refractivity contribution < 1.29 is 14.3 Å². The Morgan fingerprint density at radius 2 is 1.66 bits per heavy atom. The van der Waals surface area contributed by atoms with Crippen LogP contribution >= 0.6 is 0 Å². The Kier molecular flexibility index (Phi) is 7.26. The first-order chi connectivity index (χ1) is 16.9. The molecule has 0 bridgehead atoms. The van der Waals surface area contributed by atoms with Crippen molar-refractivity contribution in [1.29, 1.82) is 0 Å². The molecule has 4 aromatic rings. The van der Waals surface area contributed by atoms with Gasteiger partial charge in [-0.15, -0.1) is 0 Å². The van der Waals surface area contributed by atoms with Crippen molar-refractivity contribution in [1.82, 2.24) is 15.1 Å². The van der Waals surface area contributed by atoms with Crippen LogP contribution in [0.2, 0.25) is 0 Å². The van der Waals surface area contributed by atoms with Crippen LogP contribution in [0.3, 0.4) is 0 Å². The fourth-order valence-corrected chi connectivity index (χ4v) is 3.69. The number of benzene rings is 3. The molecule has 1 heterocycles. The molecule has 3 aromatic carbocycles. The predicted molar refractivity (Wildman–Crippen MR) is 136 cm³/mol. The van der Waals surface area contributed by atoms with Gasteiger partial charge < -0.3 is 15.4 Å². The number of hydrogen-bond donors (Lipinski definition) is 2. The van der Waals surface area contributed by atoms with Crippen molar-refractivity contribution >= 4 is 17.5 Å². The van der Waals surface area contributed by atoms with Crippen molar-refractivity contribution in [3.8, 4) is 11.4 Å². The minimum absolute atomic E-state index is 0.191. The maximum absolute atomic E-state index is 12.6. The molecule has 0 aliphatic rings. The van der Waals surface area contributed by atoms with Crippen LogP contribution in [0.4, 0.5) is 5.69 Å². The van der Waals surface area contributed by atoms with E-state index in [1.165, 1.54) is 5.56 Å². The molecule has 2 amide bonds. The first kappa shape index (κ1) is 23.8. The van der Waals surface area contributed by atoms with Gasteiger partial charge in [-0.25, -0.2) is 4.68 Å². The van der Waals surface area contributed by atoms with Gasteiger partial charge in [-0.3, -0.25) is 9.59 Å². The van der Waals surface area contributed by atoms with Crippen LogP contribution in [-0.2, 0) is 11.3 Å². The summed E-state index contributed by atoms with van der Waals surface area (Å²) in [7, 11) is 0. The van der Waals surface area contributed by atoms with E-state index in [4.69, 9.17) is 4.74 Å². The maximum atomic E-state index is 12.6. The van der Waals surface area contributed by atoms with Crippen molar-refractivity contribution in [2.75, 3.05) is 11.9 Å². The molecule has 35 heavy (non-hydrogen) atoms. The van der Waals surface area contributed by atoms with E-state index in [0.29, 0.717) is 29.2 Å². The third-order valence-electron chi connectivity index (χ3n) is 5.60. The van der Waals surface area contributed by atoms with Gasteiger partial charge in [-0.1, -0.05) is 54.1 Å². The van der Waals surface area contributed by atoms with Gasteiger partial charge in [-0.2, -0.15) is 5.10 Å². The van der Waals surface area contributed by atoms with E-state index in [-0.39, 0.29) is 18.4 Å². The van der Waals surface area contributed by atoms with E-state index < -0.39 is 0 Å². The van der Waals surface area contributed by atoms with Crippen molar-refractivity contribution in [3.63, 3.8) is 0 Å². The Bertz CT molecular complexity index is 1330. The first-order valence-corrected chi connectivity index (χ1v) is 11.4. The number of anilines is 1. The van der Waals surface area contributed by atoms with Crippen LogP contribution in [0.15, 0.2) is 78.9 Å². The Hall–Kier alpha value is -4.39. The number of aryl methyl sites for hydroxylation is 2. The van der Waals surface area contributed by atoms with Gasteiger partial charge >= 0.3 is 0 Å². The minimum atomic E-state index is -0.307. The molecule has 7 heteroatoms. The second-order valence-corrected chi connectivity index (χ2v) is 8.33. The maximum Gasteiger partial charge on any atom is 0.262 e. The van der Waals surface area contributed by atoms with Crippen molar-refractivity contribution in [2.45, 2.75) is 27.3 Å². The number of carbonyl (C=O) groups excluding carboxylic acids is 2. The molecular weight excluding hydrogens is 440 g/mol. The lowest BCUT2D eigenvalue weighted by Crippen LogP contribution is -2.23. The van der Waals surface area contributed by atoms with Gasteiger partial charge in [-0.05, 0) is 56.7 Å². The molecule has 2 N–H and O–H groups in total. The molecule has 0 saturated heterocycles. The topological polar surface area (TPSA) is 85.2 Å². The summed E-state index contributed by atoms with van der Waals surface area (Å²) in [5, 5.41) is 10.4. The number of aromatic nitrogens is 2. The molecule has 7 nitrogen and oxygen atoms in total. The highest BCUT2D eigenvalue weighted by Crippen LogP contribution is 2.23. The highest BCUT2D eigenvalue weighted by molar-refractivity contribution is 5.95. The summed E-state index contributed by atoms with van der Waals surface area (Å²) in [5.41, 5.74) is 5.78. The molecule has 0 spiro atoms. The van der Waals surface area contributed by atoms with E-state index in [0.717, 1.165) is 16.9 Å². The molecule has 0 aliphatic carbocycles. The van der Waals surface area contributed by atoms with Gasteiger partial charge in [0, 0.05) is 12.1 Å². The summed E-state index contributed by atoms with van der Waals surface area (Å²) < 4.78 is 7.47. The Labute approximate surface area is 204 Å². The second-order valence-electron chi connectivity index (χ2n) is 8.33. The van der Waals surface area contributed by atoms with Crippen LogP contribution in [0, 0.1) is 20.8 Å². The monoisotopic (exact) mass is 468 g/mol. The molecule has 4 rings (SSSR count). The Balaban J connectivity index is 1.35. The van der Waals surface area contributed by atoms with E-state index in [2.05, 4.69) is 15.7 Å². The van der Waals surface area contributed by atoms with Gasteiger partial charge in [0.15, 0.2) is 6.61 Å². The molecule has 0 fully saturated rings. The lowest BCUT2D eigenvalue weighted by atomic mass is 10.2. The average molecular weight is 469 g/mol. The minimum Gasteiger partial charge on any atom is -0.484 e. The van der Waals surface area contributed by atoms with E-state index in [1.807, 2.05) is 80.1 Å². The number of nitrogens with zero attached hydrogens (tertiary/aromatic N) is 2. The van der Waals surface area contributed by atoms with Gasteiger partial charge in [0.2, 0.25) is 0 Å². The largest absolute Gasteiger partial charge is 0.484 e. The smallest absolute Gasteiger partial charge is 0.262 e. The summed E-state index contributed by atoms with van der Waals surface area (Å²) in [6.07, 6.45) is 0. The lowest BCUT2D eigenvalue weighted by molar-refractivity contribution is -0.118. The summed E-state index contributed by atoms with van der Waals surface area (Å²) in [5.74, 6) is -0.0755. The predicted octanol–water partition coefficient (Wildman–Crippen LogP) is 4.75. The number of hydrogen-bond acceptors (Lipinski definition) is 4. The summed E-state index contributed by atoms with van der Waals surface area (Å²) in [4.78, 5) is 25.1. The highest BCUT2D eigenvalue weighted by Gasteiger charge is 2.16. The van der Waals surface area contributed by atoms with Crippen LogP contribution in [0.5, 0.6) is 5.75 Å². The van der Waals surface area contributed by atoms with Gasteiger partial charge in [0.25, 0.3) is 11.8 Å².